The first-order valence-corrected chi connectivity index (χ1v) is 11.3. The van der Waals surface area contributed by atoms with Gasteiger partial charge < -0.3 is 9.15 Å². The number of halogens is 1. The molecule has 0 atom stereocenters. The van der Waals surface area contributed by atoms with E-state index in [1.807, 2.05) is 30.3 Å². The average Bonchev–Trinajstić information content (AvgIpc) is 3.15. The van der Waals surface area contributed by atoms with Gasteiger partial charge in [-0.2, -0.15) is 4.98 Å². The zero-order valence-corrected chi connectivity index (χ0v) is 18.2. The van der Waals surface area contributed by atoms with E-state index in [1.54, 1.807) is 36.4 Å². The quantitative estimate of drug-likeness (QED) is 0.404. The summed E-state index contributed by atoms with van der Waals surface area (Å²) in [5, 5.41) is 0.349. The lowest BCUT2D eigenvalue weighted by Crippen LogP contribution is -2.13. The fraction of sp³-hybridized carbons (Fsp3) is 0.0870. The SMILES string of the molecule is COc1ccc(-c2oc(Cc3ccccc3)nc2NS(=O)(=O)c2ccccc2)c(Cl)c1. The smallest absolute Gasteiger partial charge is 0.263 e. The number of oxazole rings is 1. The van der Waals surface area contributed by atoms with E-state index in [0.29, 0.717) is 28.6 Å². The van der Waals surface area contributed by atoms with Crippen LogP contribution in [0.3, 0.4) is 0 Å². The minimum Gasteiger partial charge on any atom is -0.497 e. The molecule has 0 radical (unpaired) electrons. The van der Waals surface area contributed by atoms with Gasteiger partial charge in [0.05, 0.1) is 17.0 Å². The number of nitrogens with one attached hydrogen (secondary N) is 1. The maximum absolute atomic E-state index is 12.9. The Hall–Kier alpha value is -3.29. The van der Waals surface area contributed by atoms with Crippen LogP contribution >= 0.6 is 11.6 Å². The Kier molecular flexibility index (Phi) is 5.97. The number of rotatable bonds is 7. The van der Waals surface area contributed by atoms with Gasteiger partial charge in [0, 0.05) is 12.0 Å². The van der Waals surface area contributed by atoms with E-state index in [4.69, 9.17) is 20.8 Å². The van der Waals surface area contributed by atoms with E-state index in [9.17, 15) is 8.42 Å². The predicted octanol–water partition coefficient (Wildman–Crippen LogP) is 5.40. The highest BCUT2D eigenvalue weighted by Gasteiger charge is 2.23. The van der Waals surface area contributed by atoms with Crippen molar-refractivity contribution in [1.82, 2.24) is 4.98 Å². The number of hydrogen-bond donors (Lipinski definition) is 1. The monoisotopic (exact) mass is 454 g/mol. The molecular formula is C23H19ClN2O4S. The molecule has 4 rings (SSSR count). The molecule has 0 saturated carbocycles. The van der Waals surface area contributed by atoms with Gasteiger partial charge in [0.25, 0.3) is 10.0 Å². The number of methoxy groups -OCH3 is 1. The van der Waals surface area contributed by atoms with Gasteiger partial charge in [-0.25, -0.2) is 8.42 Å². The van der Waals surface area contributed by atoms with Crippen LogP contribution in [-0.4, -0.2) is 20.5 Å². The molecule has 1 N–H and O–H groups in total. The number of sulfonamides is 1. The van der Waals surface area contributed by atoms with Crippen LogP contribution in [0.15, 0.2) is 88.2 Å². The molecule has 0 aliphatic carbocycles. The summed E-state index contributed by atoms with van der Waals surface area (Å²) in [5.41, 5.74) is 1.48. The van der Waals surface area contributed by atoms with Gasteiger partial charge in [-0.1, -0.05) is 60.1 Å². The number of nitrogens with zero attached hydrogens (tertiary/aromatic N) is 1. The molecule has 6 nitrogen and oxygen atoms in total. The number of aromatic nitrogens is 1. The summed E-state index contributed by atoms with van der Waals surface area (Å²) in [6.07, 6.45) is 0.397. The van der Waals surface area contributed by atoms with Crippen LogP contribution in [0, 0.1) is 0 Å². The number of ether oxygens (including phenoxy) is 1. The summed E-state index contributed by atoms with van der Waals surface area (Å²) in [7, 11) is -2.33. The van der Waals surface area contributed by atoms with Crippen molar-refractivity contribution in [2.45, 2.75) is 11.3 Å². The number of anilines is 1. The van der Waals surface area contributed by atoms with Crippen molar-refractivity contribution in [3.8, 4) is 17.1 Å². The molecule has 0 unspecified atom stereocenters. The van der Waals surface area contributed by atoms with E-state index in [-0.39, 0.29) is 16.5 Å². The molecule has 0 aliphatic rings. The fourth-order valence-corrected chi connectivity index (χ4v) is 4.34. The van der Waals surface area contributed by atoms with E-state index >= 15 is 0 Å². The summed E-state index contributed by atoms with van der Waals surface area (Å²) in [6.45, 7) is 0. The lowest BCUT2D eigenvalue weighted by atomic mass is 10.1. The normalized spacial score (nSPS) is 11.3. The van der Waals surface area contributed by atoms with E-state index in [1.165, 1.54) is 19.2 Å². The van der Waals surface area contributed by atoms with Crippen LogP contribution in [0.1, 0.15) is 11.5 Å². The molecule has 0 spiro atoms. The maximum Gasteiger partial charge on any atom is 0.263 e. The summed E-state index contributed by atoms with van der Waals surface area (Å²) < 4.78 is 39.5. The van der Waals surface area contributed by atoms with Gasteiger partial charge in [-0.3, -0.25) is 4.72 Å². The Labute approximate surface area is 185 Å². The van der Waals surface area contributed by atoms with Crippen molar-refractivity contribution < 1.29 is 17.6 Å². The highest BCUT2D eigenvalue weighted by atomic mass is 35.5. The van der Waals surface area contributed by atoms with Crippen molar-refractivity contribution in [2.24, 2.45) is 0 Å². The van der Waals surface area contributed by atoms with Gasteiger partial charge in [-0.05, 0) is 35.9 Å². The highest BCUT2D eigenvalue weighted by Crippen LogP contribution is 2.37. The molecule has 0 amide bonds. The first-order chi connectivity index (χ1) is 15.0. The third-order valence-electron chi connectivity index (χ3n) is 4.58. The lowest BCUT2D eigenvalue weighted by Gasteiger charge is -2.08. The van der Waals surface area contributed by atoms with Crippen LogP contribution in [0.2, 0.25) is 5.02 Å². The molecule has 3 aromatic carbocycles. The predicted molar refractivity (Wildman–Crippen MR) is 120 cm³/mol. The van der Waals surface area contributed by atoms with Crippen molar-refractivity contribution in [1.29, 1.82) is 0 Å². The molecule has 158 valence electrons. The first kappa shape index (κ1) is 21.0. The van der Waals surface area contributed by atoms with Crippen LogP contribution in [0.5, 0.6) is 5.75 Å². The first-order valence-electron chi connectivity index (χ1n) is 9.41. The Balaban J connectivity index is 1.77. The van der Waals surface area contributed by atoms with Crippen molar-refractivity contribution >= 4 is 27.4 Å². The minimum absolute atomic E-state index is 0.0712. The van der Waals surface area contributed by atoms with Gasteiger partial charge in [-0.15, -0.1) is 0 Å². The summed E-state index contributed by atoms with van der Waals surface area (Å²) in [4.78, 5) is 4.55. The van der Waals surface area contributed by atoms with E-state index < -0.39 is 10.0 Å². The molecule has 0 saturated heterocycles. The molecule has 1 aromatic heterocycles. The molecule has 0 fully saturated rings. The molecule has 31 heavy (non-hydrogen) atoms. The fourth-order valence-electron chi connectivity index (χ4n) is 3.06. The molecular weight excluding hydrogens is 436 g/mol. The van der Waals surface area contributed by atoms with Crippen LogP contribution < -0.4 is 9.46 Å². The Bertz CT molecular complexity index is 1290. The maximum atomic E-state index is 12.9. The third-order valence-corrected chi connectivity index (χ3v) is 6.24. The largest absolute Gasteiger partial charge is 0.497 e. The zero-order chi connectivity index (χ0) is 21.8. The summed E-state index contributed by atoms with van der Waals surface area (Å²) in [5.74, 6) is 1.24. The van der Waals surface area contributed by atoms with Crippen molar-refractivity contribution in [3.63, 3.8) is 0 Å². The van der Waals surface area contributed by atoms with Gasteiger partial charge in [0.1, 0.15) is 5.75 Å². The number of benzene rings is 3. The van der Waals surface area contributed by atoms with E-state index in [0.717, 1.165) is 5.56 Å². The Morgan fingerprint density at radius 2 is 1.68 bits per heavy atom. The highest BCUT2D eigenvalue weighted by molar-refractivity contribution is 7.92. The van der Waals surface area contributed by atoms with Gasteiger partial charge >= 0.3 is 0 Å². The Morgan fingerprint density at radius 1 is 1.00 bits per heavy atom. The van der Waals surface area contributed by atoms with Crippen LogP contribution in [-0.2, 0) is 16.4 Å². The standard InChI is InChI=1S/C23H19ClN2O4S/c1-29-17-12-13-19(20(24)15-17)22-23(26-31(27,28)18-10-6-3-7-11-18)25-21(30-22)14-16-8-4-2-5-9-16/h2-13,15,26H,14H2,1H3. The van der Waals surface area contributed by atoms with Crippen molar-refractivity contribution in [3.05, 3.63) is 95.3 Å². The number of hydrogen-bond acceptors (Lipinski definition) is 5. The van der Waals surface area contributed by atoms with Crippen LogP contribution in [0.25, 0.3) is 11.3 Å². The van der Waals surface area contributed by atoms with Gasteiger partial charge in [0.2, 0.25) is 5.89 Å². The minimum atomic E-state index is -3.87. The molecule has 0 aliphatic heterocycles. The Morgan fingerprint density at radius 3 is 2.32 bits per heavy atom. The molecule has 4 aromatic rings. The average molecular weight is 455 g/mol. The molecule has 8 heteroatoms. The van der Waals surface area contributed by atoms with Crippen molar-refractivity contribution in [2.75, 3.05) is 11.8 Å². The topological polar surface area (TPSA) is 81.4 Å². The van der Waals surface area contributed by atoms with Gasteiger partial charge in [0.15, 0.2) is 11.6 Å². The second-order valence-corrected chi connectivity index (χ2v) is 8.80. The summed E-state index contributed by atoms with van der Waals surface area (Å²) in [6, 6.07) is 22.7. The lowest BCUT2D eigenvalue weighted by molar-refractivity contribution is 0.415. The third kappa shape index (κ3) is 4.73. The zero-order valence-electron chi connectivity index (χ0n) is 16.6. The second-order valence-electron chi connectivity index (χ2n) is 6.71. The van der Waals surface area contributed by atoms with Crippen LogP contribution in [0.4, 0.5) is 5.82 Å². The summed E-state index contributed by atoms with van der Waals surface area (Å²) >= 11 is 6.43. The molecule has 1 heterocycles. The second kappa shape index (κ2) is 8.83. The molecule has 0 bridgehead atoms. The van der Waals surface area contributed by atoms with E-state index in [2.05, 4.69) is 9.71 Å².